The van der Waals surface area contributed by atoms with Gasteiger partial charge in [0.2, 0.25) is 0 Å². The van der Waals surface area contributed by atoms with E-state index in [1.54, 1.807) is 0 Å². The Morgan fingerprint density at radius 3 is 2.56 bits per heavy atom. The monoisotopic (exact) mass is 226 g/mol. The first-order valence-corrected chi connectivity index (χ1v) is 6.08. The molecule has 16 heavy (non-hydrogen) atoms. The van der Waals surface area contributed by atoms with Gasteiger partial charge in [-0.3, -0.25) is 4.79 Å². The fraction of sp³-hybridized carbons (Fsp3) is 0.917. The Kier molecular flexibility index (Phi) is 3.22. The fourth-order valence-electron chi connectivity index (χ4n) is 3.28. The summed E-state index contributed by atoms with van der Waals surface area (Å²) >= 11 is 0. The molecule has 4 nitrogen and oxygen atoms in total. The number of carboxylic acid groups (broad SMARTS) is 1. The van der Waals surface area contributed by atoms with Crippen molar-refractivity contribution < 1.29 is 9.90 Å². The average Bonchev–Trinajstić information content (AvgIpc) is 2.83. The average molecular weight is 226 g/mol. The van der Waals surface area contributed by atoms with E-state index < -0.39 is 5.97 Å². The molecule has 4 atom stereocenters. The quantitative estimate of drug-likeness (QED) is 0.762. The van der Waals surface area contributed by atoms with E-state index in [0.717, 1.165) is 19.5 Å². The Hall–Kier alpha value is -0.610. The normalized spacial score (nSPS) is 36.6. The Morgan fingerprint density at radius 1 is 1.50 bits per heavy atom. The first-order valence-electron chi connectivity index (χ1n) is 6.08. The van der Waals surface area contributed by atoms with Crippen LogP contribution in [0.3, 0.4) is 0 Å². The highest BCUT2D eigenvalue weighted by Gasteiger charge is 2.51. The van der Waals surface area contributed by atoms with Crippen LogP contribution in [0.2, 0.25) is 0 Å². The zero-order valence-corrected chi connectivity index (χ0v) is 10.4. The first kappa shape index (κ1) is 11.9. The van der Waals surface area contributed by atoms with Crippen LogP contribution in [0.1, 0.15) is 12.8 Å². The van der Waals surface area contributed by atoms with Gasteiger partial charge in [0.15, 0.2) is 0 Å². The standard InChI is InChI=1S/C12H22N2O2/c1-13(2)11(8-4-5-14(3)7-8)9-6-10(9)12(15)16/h8-11H,4-7H2,1-3H3,(H,15,16). The maximum Gasteiger partial charge on any atom is 0.306 e. The summed E-state index contributed by atoms with van der Waals surface area (Å²) in [5.74, 6) is 0.333. The van der Waals surface area contributed by atoms with E-state index in [2.05, 4.69) is 30.9 Å². The second kappa shape index (κ2) is 4.34. The Labute approximate surface area is 97.2 Å². The van der Waals surface area contributed by atoms with Crippen molar-refractivity contribution in [2.45, 2.75) is 18.9 Å². The van der Waals surface area contributed by atoms with Gasteiger partial charge in [0.1, 0.15) is 0 Å². The number of hydrogen-bond donors (Lipinski definition) is 1. The molecule has 0 aromatic rings. The predicted molar refractivity (Wildman–Crippen MR) is 62.3 cm³/mol. The summed E-state index contributed by atoms with van der Waals surface area (Å²) in [6.07, 6.45) is 2.08. The third-order valence-electron chi connectivity index (χ3n) is 4.10. The highest BCUT2D eigenvalue weighted by atomic mass is 16.4. The molecule has 0 aromatic carbocycles. The van der Waals surface area contributed by atoms with Crippen molar-refractivity contribution in [1.29, 1.82) is 0 Å². The molecule has 0 aromatic heterocycles. The molecule has 92 valence electrons. The zero-order chi connectivity index (χ0) is 11.9. The highest BCUT2D eigenvalue weighted by molar-refractivity contribution is 5.73. The van der Waals surface area contributed by atoms with Crippen LogP contribution in [0.4, 0.5) is 0 Å². The van der Waals surface area contributed by atoms with E-state index >= 15 is 0 Å². The minimum atomic E-state index is -0.608. The summed E-state index contributed by atoms with van der Waals surface area (Å²) in [6.45, 7) is 2.27. The van der Waals surface area contributed by atoms with Crippen molar-refractivity contribution in [3.63, 3.8) is 0 Å². The highest BCUT2D eigenvalue weighted by Crippen LogP contribution is 2.46. The van der Waals surface area contributed by atoms with E-state index in [9.17, 15) is 4.79 Å². The van der Waals surface area contributed by atoms with E-state index in [1.165, 1.54) is 6.42 Å². The summed E-state index contributed by atoms with van der Waals surface area (Å²) in [6, 6.07) is 0.450. The van der Waals surface area contributed by atoms with Crippen LogP contribution in [0.5, 0.6) is 0 Å². The lowest BCUT2D eigenvalue weighted by molar-refractivity contribution is -0.139. The second-order valence-corrected chi connectivity index (χ2v) is 5.61. The Balaban J connectivity index is 1.99. The third kappa shape index (κ3) is 2.23. The maximum atomic E-state index is 10.9. The fourth-order valence-corrected chi connectivity index (χ4v) is 3.28. The molecule has 4 heteroatoms. The van der Waals surface area contributed by atoms with Crippen molar-refractivity contribution >= 4 is 5.97 Å². The van der Waals surface area contributed by atoms with Gasteiger partial charge in [0.25, 0.3) is 0 Å². The van der Waals surface area contributed by atoms with Gasteiger partial charge in [-0.1, -0.05) is 0 Å². The van der Waals surface area contributed by atoms with E-state index in [0.29, 0.717) is 17.9 Å². The van der Waals surface area contributed by atoms with Crippen molar-refractivity contribution in [3.8, 4) is 0 Å². The molecule has 1 heterocycles. The summed E-state index contributed by atoms with van der Waals surface area (Å²) in [5, 5.41) is 9.02. The van der Waals surface area contributed by atoms with E-state index in [1.807, 2.05) is 0 Å². The van der Waals surface area contributed by atoms with Crippen molar-refractivity contribution in [2.24, 2.45) is 17.8 Å². The number of rotatable bonds is 4. The topological polar surface area (TPSA) is 43.8 Å². The predicted octanol–water partition coefficient (Wildman–Crippen LogP) is 0.589. The Bertz CT molecular complexity index is 280. The van der Waals surface area contributed by atoms with Gasteiger partial charge in [-0.25, -0.2) is 0 Å². The third-order valence-corrected chi connectivity index (χ3v) is 4.10. The summed E-state index contributed by atoms with van der Waals surface area (Å²) in [4.78, 5) is 15.5. The number of likely N-dealkylation sites (tertiary alicyclic amines) is 1. The molecule has 4 unspecified atom stereocenters. The smallest absolute Gasteiger partial charge is 0.306 e. The molecule has 0 amide bonds. The summed E-state index contributed by atoms with van der Waals surface area (Å²) in [7, 11) is 6.31. The van der Waals surface area contributed by atoms with Gasteiger partial charge in [-0.15, -0.1) is 0 Å². The molecule has 2 rings (SSSR count). The van der Waals surface area contributed by atoms with Crippen LogP contribution < -0.4 is 0 Å². The van der Waals surface area contributed by atoms with Crippen LogP contribution >= 0.6 is 0 Å². The van der Waals surface area contributed by atoms with Crippen LogP contribution in [0.15, 0.2) is 0 Å². The minimum Gasteiger partial charge on any atom is -0.481 e. The number of carboxylic acids is 1. The summed E-state index contributed by atoms with van der Waals surface area (Å²) in [5.41, 5.74) is 0. The number of aliphatic carboxylic acids is 1. The maximum absolute atomic E-state index is 10.9. The van der Waals surface area contributed by atoms with E-state index in [4.69, 9.17) is 5.11 Å². The van der Waals surface area contributed by atoms with Gasteiger partial charge < -0.3 is 14.9 Å². The molecule has 1 aliphatic heterocycles. The van der Waals surface area contributed by atoms with Crippen LogP contribution in [0, 0.1) is 17.8 Å². The van der Waals surface area contributed by atoms with Crippen molar-refractivity contribution in [3.05, 3.63) is 0 Å². The van der Waals surface area contributed by atoms with Crippen LogP contribution in [-0.2, 0) is 4.79 Å². The van der Waals surface area contributed by atoms with Crippen LogP contribution in [0.25, 0.3) is 0 Å². The molecule has 0 bridgehead atoms. The molecule has 2 aliphatic rings. The molecule has 0 spiro atoms. The largest absolute Gasteiger partial charge is 0.481 e. The van der Waals surface area contributed by atoms with Gasteiger partial charge in [-0.05, 0) is 52.4 Å². The SMILES string of the molecule is CN1CCC(C(C2CC2C(=O)O)N(C)C)C1. The zero-order valence-electron chi connectivity index (χ0n) is 10.4. The lowest BCUT2D eigenvalue weighted by atomic mass is 9.93. The molecule has 1 aliphatic carbocycles. The van der Waals surface area contributed by atoms with Crippen molar-refractivity contribution in [1.82, 2.24) is 9.80 Å². The molecule has 2 fully saturated rings. The summed E-state index contributed by atoms with van der Waals surface area (Å²) < 4.78 is 0. The lowest BCUT2D eigenvalue weighted by Crippen LogP contribution is -2.39. The van der Waals surface area contributed by atoms with E-state index in [-0.39, 0.29) is 5.92 Å². The van der Waals surface area contributed by atoms with Gasteiger partial charge in [0.05, 0.1) is 5.92 Å². The molecular formula is C12H22N2O2. The molecule has 1 saturated carbocycles. The molecular weight excluding hydrogens is 204 g/mol. The van der Waals surface area contributed by atoms with Crippen molar-refractivity contribution in [2.75, 3.05) is 34.2 Å². The molecule has 0 radical (unpaired) electrons. The van der Waals surface area contributed by atoms with Gasteiger partial charge >= 0.3 is 5.97 Å². The first-order chi connectivity index (χ1) is 7.50. The van der Waals surface area contributed by atoms with Gasteiger partial charge in [0, 0.05) is 12.6 Å². The Morgan fingerprint density at radius 2 is 2.19 bits per heavy atom. The molecule has 1 saturated heterocycles. The number of carbonyl (C=O) groups is 1. The molecule has 1 N–H and O–H groups in total. The minimum absolute atomic E-state index is 0.0849. The lowest BCUT2D eigenvalue weighted by Gasteiger charge is -2.30. The van der Waals surface area contributed by atoms with Gasteiger partial charge in [-0.2, -0.15) is 0 Å². The number of hydrogen-bond acceptors (Lipinski definition) is 3. The van der Waals surface area contributed by atoms with Crippen LogP contribution in [-0.4, -0.2) is 61.2 Å². The second-order valence-electron chi connectivity index (χ2n) is 5.61. The number of nitrogens with zero attached hydrogens (tertiary/aromatic N) is 2.